The summed E-state index contributed by atoms with van der Waals surface area (Å²) in [5.41, 5.74) is 1.33. The Kier molecular flexibility index (Phi) is 11.2. The molecule has 3 heteroatoms. The Morgan fingerprint density at radius 1 is 1.14 bits per heavy atom. The molecule has 0 atom stereocenters. The van der Waals surface area contributed by atoms with Crippen LogP contribution in [0.25, 0.3) is 0 Å². The molecule has 0 aliphatic carbocycles. The van der Waals surface area contributed by atoms with Crippen molar-refractivity contribution in [2.45, 2.75) is 32.6 Å². The molecule has 1 nitrogen and oxygen atoms in total. The van der Waals surface area contributed by atoms with E-state index in [0.717, 1.165) is 0 Å². The predicted molar refractivity (Wildman–Crippen MR) is 61.9 cm³/mol. The van der Waals surface area contributed by atoms with E-state index >= 15 is 0 Å². The average molecular weight is 194 g/mol. The van der Waals surface area contributed by atoms with Gasteiger partial charge in [-0.15, -0.1) is 0 Å². The van der Waals surface area contributed by atoms with E-state index < -0.39 is 0 Å². The van der Waals surface area contributed by atoms with Crippen LogP contribution in [-0.4, -0.2) is 8.41 Å². The highest BCUT2D eigenvalue weighted by Gasteiger charge is 1.93. The summed E-state index contributed by atoms with van der Waals surface area (Å²) in [5, 5.41) is 3.26. The molecule has 0 saturated heterocycles. The molecule has 1 rings (SSSR count). The zero-order chi connectivity index (χ0) is 8.65. The summed E-state index contributed by atoms with van der Waals surface area (Å²) in [6.07, 6.45) is 15.4. The van der Waals surface area contributed by atoms with Crippen LogP contribution in [0.2, 0.25) is 0 Å². The van der Waals surface area contributed by atoms with Crippen molar-refractivity contribution in [3.8, 4) is 0 Å². The van der Waals surface area contributed by atoms with Gasteiger partial charge in [-0.25, -0.2) is 0 Å². The molecule has 1 aliphatic rings. The van der Waals surface area contributed by atoms with E-state index in [0.29, 0.717) is 0 Å². The first-order valence-corrected chi connectivity index (χ1v) is 4.72. The molecule has 0 aromatic heterocycles. The number of allylic oxidation sites excluding steroid dienone is 5. The lowest BCUT2D eigenvalue weighted by Gasteiger charge is -2.04. The SMILES string of the molecule is CCCCCC1=CC=CC=CN1.F.[B]. The van der Waals surface area contributed by atoms with E-state index in [-0.39, 0.29) is 13.1 Å². The van der Waals surface area contributed by atoms with Gasteiger partial charge >= 0.3 is 0 Å². The van der Waals surface area contributed by atoms with E-state index in [4.69, 9.17) is 0 Å². The van der Waals surface area contributed by atoms with Crippen molar-refractivity contribution in [1.82, 2.24) is 5.32 Å². The average Bonchev–Trinajstić information content (AvgIpc) is 2.33. The van der Waals surface area contributed by atoms with Crippen molar-refractivity contribution in [3.63, 3.8) is 0 Å². The maximum atomic E-state index is 3.26. The van der Waals surface area contributed by atoms with Gasteiger partial charge < -0.3 is 5.32 Å². The lowest BCUT2D eigenvalue weighted by Crippen LogP contribution is -2.03. The highest BCUT2D eigenvalue weighted by Crippen LogP contribution is 2.07. The van der Waals surface area contributed by atoms with Crippen LogP contribution >= 0.6 is 0 Å². The van der Waals surface area contributed by atoms with Crippen LogP contribution in [0.4, 0.5) is 4.70 Å². The summed E-state index contributed by atoms with van der Waals surface area (Å²) in [7, 11) is 0. The van der Waals surface area contributed by atoms with Crippen molar-refractivity contribution in [2.24, 2.45) is 0 Å². The number of rotatable bonds is 4. The van der Waals surface area contributed by atoms with E-state index in [9.17, 15) is 0 Å². The second kappa shape index (κ2) is 10.1. The Morgan fingerprint density at radius 2 is 1.93 bits per heavy atom. The number of unbranched alkanes of at least 4 members (excludes halogenated alkanes) is 2. The van der Waals surface area contributed by atoms with E-state index in [1.54, 1.807) is 0 Å². The summed E-state index contributed by atoms with van der Waals surface area (Å²) >= 11 is 0. The lowest BCUT2D eigenvalue weighted by atomic mass is 10.1. The van der Waals surface area contributed by atoms with Gasteiger partial charge in [-0.1, -0.05) is 31.9 Å². The quantitative estimate of drug-likeness (QED) is 0.535. The number of halogens is 1. The van der Waals surface area contributed by atoms with Gasteiger partial charge in [0.05, 0.1) is 0 Å². The summed E-state index contributed by atoms with van der Waals surface area (Å²) in [6.45, 7) is 2.23. The molecule has 0 aromatic rings. The summed E-state index contributed by atoms with van der Waals surface area (Å²) < 4.78 is 0. The molecule has 14 heavy (non-hydrogen) atoms. The Labute approximate surface area is 87.9 Å². The second-order valence-corrected chi connectivity index (χ2v) is 3.04. The van der Waals surface area contributed by atoms with Crippen LogP contribution in [0.5, 0.6) is 0 Å². The molecule has 1 heterocycles. The Morgan fingerprint density at radius 3 is 2.64 bits per heavy atom. The van der Waals surface area contributed by atoms with Crippen LogP contribution in [0.15, 0.2) is 36.2 Å². The molecule has 0 amide bonds. The molecule has 0 bridgehead atoms. The van der Waals surface area contributed by atoms with E-state index in [1.165, 1.54) is 31.4 Å². The second-order valence-electron chi connectivity index (χ2n) is 3.04. The van der Waals surface area contributed by atoms with Gasteiger partial charge in [0.1, 0.15) is 0 Å². The van der Waals surface area contributed by atoms with Gasteiger partial charge in [0.2, 0.25) is 0 Å². The molecule has 1 N–H and O–H groups in total. The maximum absolute atomic E-state index is 3.26. The molecular weight excluding hydrogens is 176 g/mol. The van der Waals surface area contributed by atoms with Crippen molar-refractivity contribution < 1.29 is 4.70 Å². The van der Waals surface area contributed by atoms with Crippen molar-refractivity contribution >= 4 is 8.41 Å². The van der Waals surface area contributed by atoms with Gasteiger partial charge in [0, 0.05) is 20.3 Å². The molecule has 0 saturated carbocycles. The summed E-state index contributed by atoms with van der Waals surface area (Å²) in [6, 6.07) is 0. The highest BCUT2D eigenvalue weighted by molar-refractivity contribution is 5.75. The molecular formula is C11H18BFN. The van der Waals surface area contributed by atoms with Crippen LogP contribution in [0, 0.1) is 0 Å². The van der Waals surface area contributed by atoms with E-state index in [1.807, 2.05) is 18.4 Å². The summed E-state index contributed by atoms with van der Waals surface area (Å²) in [5.74, 6) is 0. The molecule has 1 aliphatic heterocycles. The summed E-state index contributed by atoms with van der Waals surface area (Å²) in [4.78, 5) is 0. The fourth-order valence-electron chi connectivity index (χ4n) is 1.22. The third-order valence-electron chi connectivity index (χ3n) is 1.93. The standard InChI is InChI=1S/C11H17N.B.FH/c1-2-3-5-8-11-9-6-4-7-10-12-11;;/h4,6-7,9-10,12H,2-3,5,8H2,1H3;;1H. The minimum absolute atomic E-state index is 0. The Balaban J connectivity index is 0. The van der Waals surface area contributed by atoms with Gasteiger partial charge in [0.25, 0.3) is 0 Å². The largest absolute Gasteiger partial charge is 0.365 e. The predicted octanol–water partition coefficient (Wildman–Crippen LogP) is 2.90. The van der Waals surface area contributed by atoms with Crippen molar-refractivity contribution in [2.75, 3.05) is 0 Å². The zero-order valence-electron chi connectivity index (χ0n) is 8.70. The number of nitrogens with one attached hydrogen (secondary N) is 1. The Hall–Kier alpha value is -0.985. The monoisotopic (exact) mass is 194 g/mol. The first-order valence-electron chi connectivity index (χ1n) is 4.72. The number of hydrogen-bond donors (Lipinski definition) is 1. The highest BCUT2D eigenvalue weighted by atomic mass is 19.0. The van der Waals surface area contributed by atoms with Gasteiger partial charge in [-0.3, -0.25) is 4.70 Å². The molecule has 0 fully saturated rings. The minimum Gasteiger partial charge on any atom is -0.365 e. The Bertz CT molecular complexity index is 209. The van der Waals surface area contributed by atoms with E-state index in [2.05, 4.69) is 24.4 Å². The first-order chi connectivity index (χ1) is 5.93. The zero-order valence-corrected chi connectivity index (χ0v) is 8.70. The fraction of sp³-hybridized carbons (Fsp3) is 0.455. The first kappa shape index (κ1) is 15.5. The van der Waals surface area contributed by atoms with Crippen molar-refractivity contribution in [1.29, 1.82) is 0 Å². The van der Waals surface area contributed by atoms with Crippen LogP contribution < -0.4 is 5.32 Å². The molecule has 3 radical (unpaired) electrons. The van der Waals surface area contributed by atoms with Crippen LogP contribution in [-0.2, 0) is 0 Å². The molecule has 0 spiro atoms. The van der Waals surface area contributed by atoms with Gasteiger partial charge in [-0.2, -0.15) is 0 Å². The van der Waals surface area contributed by atoms with Gasteiger partial charge in [0.15, 0.2) is 0 Å². The minimum atomic E-state index is 0. The molecule has 77 valence electrons. The van der Waals surface area contributed by atoms with Crippen LogP contribution in [0.1, 0.15) is 32.6 Å². The number of hydrogen-bond acceptors (Lipinski definition) is 1. The van der Waals surface area contributed by atoms with Gasteiger partial charge in [-0.05, 0) is 25.0 Å². The fourth-order valence-corrected chi connectivity index (χ4v) is 1.22. The smallest absolute Gasteiger partial charge is 0.0146 e. The van der Waals surface area contributed by atoms with Crippen LogP contribution in [0.3, 0.4) is 0 Å². The maximum Gasteiger partial charge on any atom is 0.0146 e. The van der Waals surface area contributed by atoms with Crippen molar-refractivity contribution in [3.05, 3.63) is 36.2 Å². The molecule has 0 aromatic carbocycles. The lowest BCUT2D eigenvalue weighted by molar-refractivity contribution is 0.696. The topological polar surface area (TPSA) is 12.0 Å². The third-order valence-corrected chi connectivity index (χ3v) is 1.93. The third kappa shape index (κ3) is 6.52. The normalized spacial score (nSPS) is 13.1. The molecule has 0 unspecified atom stereocenters.